The molecule has 0 saturated heterocycles. The molecule has 2 aromatic rings. The summed E-state index contributed by atoms with van der Waals surface area (Å²) in [6.07, 6.45) is 5.14. The third-order valence-corrected chi connectivity index (χ3v) is 7.31. The lowest BCUT2D eigenvalue weighted by molar-refractivity contribution is -0.0500. The van der Waals surface area contributed by atoms with Crippen LogP contribution in [0.25, 0.3) is 11.0 Å². The van der Waals surface area contributed by atoms with Crippen molar-refractivity contribution in [3.05, 3.63) is 11.9 Å². The van der Waals surface area contributed by atoms with Gasteiger partial charge in [-0.3, -0.25) is 4.79 Å². The highest BCUT2D eigenvalue weighted by atomic mass is 32.2. The van der Waals surface area contributed by atoms with E-state index in [0.717, 1.165) is 31.7 Å². The lowest BCUT2D eigenvalue weighted by Crippen LogP contribution is -2.52. The molecule has 2 aliphatic rings. The average Bonchev–Trinajstić information content (AvgIpc) is 2.99. The molecule has 4 rings (SSSR count). The van der Waals surface area contributed by atoms with Crippen LogP contribution in [0.2, 0.25) is 0 Å². The first-order valence-electron chi connectivity index (χ1n) is 9.18. The minimum Gasteiger partial charge on any atom is -0.373 e. The van der Waals surface area contributed by atoms with Crippen molar-refractivity contribution in [3.8, 4) is 5.75 Å². The first-order chi connectivity index (χ1) is 14.3. The number of aromatic nitrogens is 3. The molecule has 10 nitrogen and oxygen atoms in total. The molecule has 0 bridgehead atoms. The lowest BCUT2D eigenvalue weighted by Gasteiger charge is -2.42. The van der Waals surface area contributed by atoms with Crippen molar-refractivity contribution in [2.24, 2.45) is 0 Å². The maximum absolute atomic E-state index is 13.0. The van der Waals surface area contributed by atoms with Crippen molar-refractivity contribution < 1.29 is 39.0 Å². The summed E-state index contributed by atoms with van der Waals surface area (Å²) in [5.41, 5.74) is -7.19. The topological polar surface area (TPSA) is 137 Å². The molecule has 0 radical (unpaired) electrons. The van der Waals surface area contributed by atoms with E-state index in [4.69, 9.17) is 0 Å². The number of sulfone groups is 1. The molecule has 1 aliphatic carbocycles. The van der Waals surface area contributed by atoms with E-state index in [9.17, 15) is 34.8 Å². The summed E-state index contributed by atoms with van der Waals surface area (Å²) in [6, 6.07) is 0. The van der Waals surface area contributed by atoms with Crippen LogP contribution in [0.5, 0.6) is 5.75 Å². The van der Waals surface area contributed by atoms with Crippen LogP contribution in [-0.2, 0) is 25.5 Å². The van der Waals surface area contributed by atoms with E-state index < -0.39 is 53.5 Å². The van der Waals surface area contributed by atoms with E-state index in [1.807, 2.05) is 0 Å². The second-order valence-corrected chi connectivity index (χ2v) is 11.1. The van der Waals surface area contributed by atoms with E-state index in [2.05, 4.69) is 19.5 Å². The second kappa shape index (κ2) is 6.79. The Kier molecular flexibility index (Phi) is 4.77. The fourth-order valence-corrected chi connectivity index (χ4v) is 5.11. The summed E-state index contributed by atoms with van der Waals surface area (Å²) < 4.78 is 92.1. The molecule has 1 amide bonds. The Bertz CT molecular complexity index is 1290. The molecule has 1 spiro atoms. The van der Waals surface area contributed by atoms with E-state index >= 15 is 0 Å². The monoisotopic (exact) mass is 482 g/mol. The van der Waals surface area contributed by atoms with Crippen LogP contribution in [0.15, 0.2) is 11.4 Å². The molecule has 15 heteroatoms. The smallest absolute Gasteiger partial charge is 0.373 e. The number of fused-ring (bicyclic) bond motifs is 4. The molecule has 0 unspecified atom stereocenters. The van der Waals surface area contributed by atoms with Gasteiger partial charge >= 0.3 is 15.6 Å². The van der Waals surface area contributed by atoms with Gasteiger partial charge in [0.1, 0.15) is 5.65 Å². The van der Waals surface area contributed by atoms with Crippen molar-refractivity contribution >= 4 is 36.9 Å². The first-order valence-corrected chi connectivity index (χ1v) is 12.5. The average molecular weight is 482 g/mol. The quantitative estimate of drug-likeness (QED) is 0.394. The zero-order valence-electron chi connectivity index (χ0n) is 16.1. The largest absolute Gasteiger partial charge is 0.534 e. The maximum Gasteiger partial charge on any atom is 0.534 e. The number of rotatable bonds is 3. The molecule has 0 aromatic carbocycles. The molecule has 0 atom stereocenters. The van der Waals surface area contributed by atoms with Gasteiger partial charge < -0.3 is 14.1 Å². The Hall–Kier alpha value is -2.42. The van der Waals surface area contributed by atoms with Gasteiger partial charge in [0.15, 0.2) is 11.4 Å². The van der Waals surface area contributed by atoms with Crippen LogP contribution in [0.4, 0.5) is 13.2 Å². The van der Waals surface area contributed by atoms with Gasteiger partial charge in [-0.25, -0.2) is 13.4 Å². The molecule has 1 aliphatic heterocycles. The minimum absolute atomic E-state index is 0.131. The summed E-state index contributed by atoms with van der Waals surface area (Å²) >= 11 is 0. The number of carbonyl (C=O) groups excluding carboxylic acids is 1. The highest BCUT2D eigenvalue weighted by molar-refractivity contribution is 7.90. The van der Waals surface area contributed by atoms with E-state index in [1.165, 1.54) is 4.57 Å². The third-order valence-electron chi connectivity index (χ3n) is 5.50. The Balaban J connectivity index is 2.07. The van der Waals surface area contributed by atoms with Crippen LogP contribution in [0.1, 0.15) is 42.6 Å². The Morgan fingerprint density at radius 3 is 2.39 bits per heavy atom. The molecule has 3 heterocycles. The molecule has 2 aromatic heterocycles. The summed E-state index contributed by atoms with van der Waals surface area (Å²) in [7, 11) is -10.0. The summed E-state index contributed by atoms with van der Waals surface area (Å²) in [4.78, 5) is 20.3. The summed E-state index contributed by atoms with van der Waals surface area (Å²) in [5.74, 6) is -1.74. The van der Waals surface area contributed by atoms with E-state index in [1.54, 1.807) is 0 Å². The summed E-state index contributed by atoms with van der Waals surface area (Å²) in [5, 5.41) is 1.67. The Morgan fingerprint density at radius 1 is 1.16 bits per heavy atom. The maximum atomic E-state index is 13.0. The molecule has 1 fully saturated rings. The van der Waals surface area contributed by atoms with Crippen LogP contribution in [0, 0.1) is 0 Å². The zero-order valence-corrected chi connectivity index (χ0v) is 17.7. The van der Waals surface area contributed by atoms with Crippen LogP contribution in [-0.4, -0.2) is 55.6 Å². The summed E-state index contributed by atoms with van der Waals surface area (Å²) in [6.45, 7) is 0.131. The first kappa shape index (κ1) is 21.8. The van der Waals surface area contributed by atoms with Gasteiger partial charge in [-0.1, -0.05) is 19.3 Å². The van der Waals surface area contributed by atoms with Gasteiger partial charge in [0.2, 0.25) is 15.0 Å². The molecule has 1 saturated carbocycles. The fraction of sp³-hybridized carbons (Fsp3) is 0.562. The van der Waals surface area contributed by atoms with Gasteiger partial charge in [-0.05, 0) is 12.8 Å². The van der Waals surface area contributed by atoms with Gasteiger partial charge in [0.25, 0.3) is 5.91 Å². The van der Waals surface area contributed by atoms with E-state index in [0.29, 0.717) is 12.8 Å². The molecule has 170 valence electrons. The number of hydrogen-bond acceptors (Lipinski definition) is 8. The number of hydrogen-bond donors (Lipinski definition) is 1. The Labute approximate surface area is 174 Å². The van der Waals surface area contributed by atoms with Crippen molar-refractivity contribution in [2.75, 3.05) is 12.8 Å². The van der Waals surface area contributed by atoms with Crippen LogP contribution < -0.4 is 9.50 Å². The van der Waals surface area contributed by atoms with Gasteiger partial charge in [-0.2, -0.15) is 26.6 Å². The van der Waals surface area contributed by atoms with Gasteiger partial charge in [-0.15, -0.1) is 0 Å². The number of amides is 1. The van der Waals surface area contributed by atoms with Crippen molar-refractivity contribution in [1.82, 2.24) is 19.9 Å². The third kappa shape index (κ3) is 3.43. The second-order valence-electron chi connectivity index (χ2n) is 7.63. The minimum atomic E-state index is -6.12. The number of carbonyl (C=O) groups is 1. The predicted molar refractivity (Wildman–Crippen MR) is 99.6 cm³/mol. The van der Waals surface area contributed by atoms with Crippen molar-refractivity contribution in [3.63, 3.8) is 0 Å². The standard InChI is InChI=1S/C16H17F3N4O6S2/c1-30(25,26)14-20-7-9-11(29-31(27,28)16(17,18)19)10-13(24)21-8-15(5-3-2-4-6-15)23(10)12(9)22-14/h7H,2-6,8H2,1H3,(H,21,24). The van der Waals surface area contributed by atoms with Crippen LogP contribution in [0.3, 0.4) is 0 Å². The number of nitrogens with zero attached hydrogens (tertiary/aromatic N) is 3. The van der Waals surface area contributed by atoms with Crippen LogP contribution >= 0.6 is 0 Å². The van der Waals surface area contributed by atoms with Crippen molar-refractivity contribution in [2.45, 2.75) is 48.3 Å². The molecular formula is C16H17F3N4O6S2. The highest BCUT2D eigenvalue weighted by Gasteiger charge is 2.51. The highest BCUT2D eigenvalue weighted by Crippen LogP contribution is 2.45. The zero-order chi connectivity index (χ0) is 22.8. The van der Waals surface area contributed by atoms with E-state index in [-0.39, 0.29) is 17.6 Å². The Morgan fingerprint density at radius 2 is 1.81 bits per heavy atom. The molecule has 1 N–H and O–H groups in total. The number of alkyl halides is 3. The molecule has 31 heavy (non-hydrogen) atoms. The van der Waals surface area contributed by atoms with Gasteiger partial charge in [0, 0.05) is 19.0 Å². The molecular weight excluding hydrogens is 465 g/mol. The fourth-order valence-electron chi connectivity index (χ4n) is 4.13. The normalized spacial score (nSPS) is 19.3. The predicted octanol–water partition coefficient (Wildman–Crippen LogP) is 1.47. The number of nitrogens with one attached hydrogen (secondary N) is 1. The lowest BCUT2D eigenvalue weighted by atomic mass is 9.80. The van der Waals surface area contributed by atoms with Gasteiger partial charge in [0.05, 0.1) is 10.9 Å². The van der Waals surface area contributed by atoms with Crippen molar-refractivity contribution in [1.29, 1.82) is 0 Å². The SMILES string of the molecule is CS(=O)(=O)c1ncc2c(OS(=O)(=O)C(F)(F)F)c3n(c2n1)C1(CCCCC1)CNC3=O. The number of halogens is 3.